The van der Waals surface area contributed by atoms with Crippen molar-refractivity contribution in [3.8, 4) is 0 Å². The molecule has 3 fully saturated rings. The van der Waals surface area contributed by atoms with E-state index in [0.29, 0.717) is 23.7 Å². The van der Waals surface area contributed by atoms with Gasteiger partial charge in [-0.15, -0.1) is 0 Å². The van der Waals surface area contributed by atoms with E-state index in [2.05, 4.69) is 12.2 Å². The predicted molar refractivity (Wildman–Crippen MR) is 71.1 cm³/mol. The van der Waals surface area contributed by atoms with Crippen molar-refractivity contribution < 1.29 is 13.2 Å². The van der Waals surface area contributed by atoms with E-state index in [1.807, 2.05) is 0 Å². The highest BCUT2D eigenvalue weighted by Crippen LogP contribution is 2.51. The topological polar surface area (TPSA) is 54.5 Å². The van der Waals surface area contributed by atoms with Crippen LogP contribution in [0.25, 0.3) is 0 Å². The summed E-state index contributed by atoms with van der Waals surface area (Å²) in [5.41, 5.74) is 0. The molecule has 19 heavy (non-hydrogen) atoms. The second-order valence-electron chi connectivity index (χ2n) is 6.58. The Labute approximate surface area is 113 Å². The van der Waals surface area contributed by atoms with Gasteiger partial charge in [0.25, 0.3) is 0 Å². The second kappa shape index (κ2) is 3.84. The molecule has 4 atom stereocenters. The number of carbonyl (C=O) groups is 1. The molecule has 4 rings (SSSR count). The Morgan fingerprint density at radius 3 is 2.21 bits per heavy atom. The van der Waals surface area contributed by atoms with Gasteiger partial charge in [0.2, 0.25) is 5.91 Å². The summed E-state index contributed by atoms with van der Waals surface area (Å²) in [7, 11) is -3.17. The number of hydrogen-bond acceptors (Lipinski definition) is 3. The number of carbonyl (C=O) groups excluding carboxylic acids is 1. The summed E-state index contributed by atoms with van der Waals surface area (Å²) < 4.78 is 23.8. The van der Waals surface area contributed by atoms with Crippen LogP contribution in [0.1, 0.15) is 19.3 Å². The fourth-order valence-corrected chi connectivity index (χ4v) is 5.78. The Morgan fingerprint density at radius 1 is 1.11 bits per heavy atom. The van der Waals surface area contributed by atoms with Gasteiger partial charge in [0.15, 0.2) is 9.84 Å². The third-order valence-corrected chi connectivity index (χ3v) is 7.51. The lowest BCUT2D eigenvalue weighted by molar-refractivity contribution is -0.127. The maximum atomic E-state index is 12.2. The number of hydrogen-bond donors (Lipinski definition) is 0. The van der Waals surface area contributed by atoms with Gasteiger partial charge in [-0.2, -0.15) is 0 Å². The van der Waals surface area contributed by atoms with Crippen molar-refractivity contribution in [1.29, 1.82) is 0 Å². The number of allylic oxidation sites excluding steroid dienone is 2. The molecule has 1 amide bonds. The fourth-order valence-electron chi connectivity index (χ4n) is 4.16. The van der Waals surface area contributed by atoms with Crippen LogP contribution < -0.4 is 0 Å². The van der Waals surface area contributed by atoms with E-state index in [1.54, 1.807) is 4.90 Å². The van der Waals surface area contributed by atoms with Crippen LogP contribution in [0, 0.1) is 23.7 Å². The molecule has 1 saturated heterocycles. The first-order chi connectivity index (χ1) is 9.04. The van der Waals surface area contributed by atoms with Crippen LogP contribution in [-0.4, -0.2) is 43.3 Å². The van der Waals surface area contributed by atoms with Gasteiger partial charge in [-0.1, -0.05) is 12.2 Å². The second-order valence-corrected chi connectivity index (χ2v) is 8.86. The molecule has 2 bridgehead atoms. The highest BCUT2D eigenvalue weighted by molar-refractivity contribution is 7.93. The smallest absolute Gasteiger partial charge is 0.237 e. The van der Waals surface area contributed by atoms with E-state index in [0.717, 1.165) is 25.9 Å². The number of amides is 1. The molecule has 0 N–H and O–H groups in total. The van der Waals surface area contributed by atoms with E-state index >= 15 is 0 Å². The largest absolute Gasteiger partial charge is 0.341 e. The molecule has 0 radical (unpaired) electrons. The van der Waals surface area contributed by atoms with Gasteiger partial charge >= 0.3 is 0 Å². The molecule has 5 heteroatoms. The van der Waals surface area contributed by atoms with Gasteiger partial charge in [-0.25, -0.2) is 8.42 Å². The van der Waals surface area contributed by atoms with Gasteiger partial charge in [0, 0.05) is 13.1 Å². The summed E-state index contributed by atoms with van der Waals surface area (Å²) in [6.45, 7) is 1.55. The maximum Gasteiger partial charge on any atom is 0.237 e. The molecular formula is C14H19NO3S. The summed E-state index contributed by atoms with van der Waals surface area (Å²) in [6.07, 6.45) is 7.32. The number of fused-ring (bicyclic) bond motifs is 5. The van der Waals surface area contributed by atoms with Gasteiger partial charge in [0.05, 0.1) is 5.25 Å². The zero-order valence-electron chi connectivity index (χ0n) is 10.9. The number of rotatable bonds is 3. The molecule has 4 aliphatic rings. The van der Waals surface area contributed by atoms with Crippen LogP contribution in [0.15, 0.2) is 12.2 Å². The van der Waals surface area contributed by atoms with Crippen molar-refractivity contribution in [3.05, 3.63) is 12.2 Å². The highest BCUT2D eigenvalue weighted by Gasteiger charge is 2.50. The summed E-state index contributed by atoms with van der Waals surface area (Å²) in [5.74, 6) is 2.01. The van der Waals surface area contributed by atoms with E-state index in [-0.39, 0.29) is 16.9 Å². The molecule has 2 saturated carbocycles. The molecule has 0 aromatic heterocycles. The summed E-state index contributed by atoms with van der Waals surface area (Å²) >= 11 is 0. The van der Waals surface area contributed by atoms with E-state index in [4.69, 9.17) is 0 Å². The first-order valence-electron chi connectivity index (χ1n) is 7.22. The van der Waals surface area contributed by atoms with E-state index < -0.39 is 9.84 Å². The molecular weight excluding hydrogens is 262 g/mol. The summed E-state index contributed by atoms with van der Waals surface area (Å²) in [6, 6.07) is 0. The first kappa shape index (κ1) is 11.9. The van der Waals surface area contributed by atoms with Crippen molar-refractivity contribution in [2.24, 2.45) is 23.7 Å². The van der Waals surface area contributed by atoms with Gasteiger partial charge in [0.1, 0.15) is 5.75 Å². The third kappa shape index (κ3) is 1.85. The van der Waals surface area contributed by atoms with Crippen LogP contribution in [-0.2, 0) is 14.6 Å². The third-order valence-electron chi connectivity index (χ3n) is 5.37. The van der Waals surface area contributed by atoms with Gasteiger partial charge < -0.3 is 4.90 Å². The minimum Gasteiger partial charge on any atom is -0.341 e. The molecule has 1 aliphatic heterocycles. The van der Waals surface area contributed by atoms with Crippen molar-refractivity contribution >= 4 is 15.7 Å². The normalized spacial score (nSPS) is 39.9. The predicted octanol–water partition coefficient (Wildman–Crippen LogP) is 0.844. The monoisotopic (exact) mass is 281 g/mol. The SMILES string of the molecule is O=C(CS(=O)(=O)C1CC1)N1C[C@@H]2C3C=CC(C3)[C@@H]2C1. The van der Waals surface area contributed by atoms with Crippen LogP contribution in [0.5, 0.6) is 0 Å². The first-order valence-corrected chi connectivity index (χ1v) is 8.94. The maximum absolute atomic E-state index is 12.2. The summed E-state index contributed by atoms with van der Waals surface area (Å²) in [5, 5.41) is -0.226. The molecule has 3 aliphatic carbocycles. The van der Waals surface area contributed by atoms with Crippen LogP contribution in [0.3, 0.4) is 0 Å². The number of nitrogens with zero attached hydrogens (tertiary/aromatic N) is 1. The Balaban J connectivity index is 1.43. The fraction of sp³-hybridized carbons (Fsp3) is 0.786. The van der Waals surface area contributed by atoms with Gasteiger partial charge in [-0.3, -0.25) is 4.79 Å². The number of likely N-dealkylation sites (tertiary alicyclic amines) is 1. The molecule has 0 aromatic rings. The minimum absolute atomic E-state index is 0.166. The molecule has 104 valence electrons. The molecule has 2 unspecified atom stereocenters. The van der Waals surface area contributed by atoms with Crippen LogP contribution >= 0.6 is 0 Å². The summed E-state index contributed by atoms with van der Waals surface area (Å²) in [4.78, 5) is 14.0. The zero-order valence-corrected chi connectivity index (χ0v) is 11.7. The average Bonchev–Trinajstić information content (AvgIpc) is 2.86. The minimum atomic E-state index is -3.17. The Kier molecular flexibility index (Phi) is 2.41. The van der Waals surface area contributed by atoms with Crippen molar-refractivity contribution in [2.45, 2.75) is 24.5 Å². The van der Waals surface area contributed by atoms with E-state index in [1.165, 1.54) is 6.42 Å². The van der Waals surface area contributed by atoms with Crippen molar-refractivity contribution in [3.63, 3.8) is 0 Å². The van der Waals surface area contributed by atoms with E-state index in [9.17, 15) is 13.2 Å². The lowest BCUT2D eigenvalue weighted by Gasteiger charge is -2.18. The Bertz CT molecular complexity index is 529. The van der Waals surface area contributed by atoms with Gasteiger partial charge in [-0.05, 0) is 42.9 Å². The Hall–Kier alpha value is -0.840. The number of sulfone groups is 1. The zero-order chi connectivity index (χ0) is 13.2. The lowest BCUT2D eigenvalue weighted by atomic mass is 9.86. The average molecular weight is 281 g/mol. The van der Waals surface area contributed by atoms with Crippen molar-refractivity contribution in [2.75, 3.05) is 18.8 Å². The molecule has 0 spiro atoms. The van der Waals surface area contributed by atoms with Crippen LogP contribution in [0.2, 0.25) is 0 Å². The molecule has 1 heterocycles. The highest BCUT2D eigenvalue weighted by atomic mass is 32.2. The molecule has 0 aromatic carbocycles. The quantitative estimate of drug-likeness (QED) is 0.721. The Morgan fingerprint density at radius 2 is 1.68 bits per heavy atom. The van der Waals surface area contributed by atoms with Crippen molar-refractivity contribution in [1.82, 2.24) is 4.90 Å². The standard InChI is InChI=1S/C14H19NO3S/c16-14(8-19(17,18)11-3-4-11)15-6-12-9-1-2-10(5-9)13(12)7-15/h1-2,9-13H,3-8H2/t9?,10?,12-,13+. The molecule has 4 nitrogen and oxygen atoms in total. The lowest BCUT2D eigenvalue weighted by Crippen LogP contribution is -2.36. The van der Waals surface area contributed by atoms with Crippen LogP contribution in [0.4, 0.5) is 0 Å².